The van der Waals surface area contributed by atoms with Crippen molar-refractivity contribution in [3.63, 3.8) is 0 Å². The molecule has 1 aliphatic heterocycles. The second-order valence-electron chi connectivity index (χ2n) is 6.26. The van der Waals surface area contributed by atoms with Gasteiger partial charge in [-0.05, 0) is 56.8 Å². The molecule has 2 fully saturated rings. The molecule has 1 heterocycles. The van der Waals surface area contributed by atoms with Crippen molar-refractivity contribution in [2.75, 3.05) is 6.54 Å². The van der Waals surface area contributed by atoms with Crippen molar-refractivity contribution in [2.45, 2.75) is 57.2 Å². The minimum Gasteiger partial charge on any atom is -0.333 e. The number of nitrogens with zero attached hydrogens (tertiary/aromatic N) is 1. The van der Waals surface area contributed by atoms with Gasteiger partial charge in [-0.2, -0.15) is 0 Å². The second-order valence-corrected chi connectivity index (χ2v) is 6.69. The Morgan fingerprint density at radius 2 is 2.00 bits per heavy atom. The van der Waals surface area contributed by atoms with Gasteiger partial charge in [-0.25, -0.2) is 0 Å². The third kappa shape index (κ3) is 4.15. The van der Waals surface area contributed by atoms with Crippen molar-refractivity contribution in [1.82, 2.24) is 10.2 Å². The van der Waals surface area contributed by atoms with Crippen LogP contribution in [0.25, 0.3) is 0 Å². The molecule has 1 N–H and O–H groups in total. The summed E-state index contributed by atoms with van der Waals surface area (Å²) in [6, 6.07) is 8.81. The molecule has 1 saturated carbocycles. The summed E-state index contributed by atoms with van der Waals surface area (Å²) in [6.07, 6.45) is 5.23. The summed E-state index contributed by atoms with van der Waals surface area (Å²) in [7, 11) is 0. The largest absolute Gasteiger partial charge is 0.333 e. The van der Waals surface area contributed by atoms with Crippen LogP contribution < -0.4 is 5.32 Å². The zero-order valence-electron chi connectivity index (χ0n) is 12.9. The van der Waals surface area contributed by atoms with E-state index in [2.05, 4.69) is 17.1 Å². The number of halogens is 2. The number of hydrogen-bond acceptors (Lipinski definition) is 2. The lowest BCUT2D eigenvalue weighted by atomic mass is 10.0. The number of hydrogen-bond donors (Lipinski definition) is 1. The molecule has 0 spiro atoms. The van der Waals surface area contributed by atoms with E-state index in [1.165, 1.54) is 12.0 Å². The van der Waals surface area contributed by atoms with Gasteiger partial charge < -0.3 is 10.2 Å². The van der Waals surface area contributed by atoms with E-state index in [1.807, 2.05) is 24.3 Å². The fourth-order valence-electron chi connectivity index (χ4n) is 3.24. The molecule has 1 aromatic carbocycles. The Balaban J connectivity index is 0.00000176. The summed E-state index contributed by atoms with van der Waals surface area (Å²) in [4.78, 5) is 14.8. The van der Waals surface area contributed by atoms with E-state index < -0.39 is 0 Å². The van der Waals surface area contributed by atoms with Crippen LogP contribution in [0.2, 0.25) is 5.02 Å². The minimum atomic E-state index is 0. The van der Waals surface area contributed by atoms with Gasteiger partial charge in [-0.1, -0.05) is 23.7 Å². The van der Waals surface area contributed by atoms with Crippen LogP contribution in [-0.4, -0.2) is 29.4 Å². The lowest BCUT2D eigenvalue weighted by Gasteiger charge is -2.31. The molecule has 122 valence electrons. The molecule has 0 radical (unpaired) electrons. The van der Waals surface area contributed by atoms with Crippen molar-refractivity contribution >= 4 is 29.9 Å². The zero-order chi connectivity index (χ0) is 14.8. The molecule has 1 aromatic rings. The molecule has 1 amide bonds. The second kappa shape index (κ2) is 7.67. The summed E-state index contributed by atoms with van der Waals surface area (Å²) in [5.74, 6) is 0.291. The first-order chi connectivity index (χ1) is 10.1. The number of benzene rings is 1. The minimum absolute atomic E-state index is 0. The SMILES string of the molecule is CC(c1ccc(Cl)cc1)N(C(=O)CC1CCCN1)C1CC1.Cl. The van der Waals surface area contributed by atoms with E-state index in [9.17, 15) is 4.79 Å². The van der Waals surface area contributed by atoms with Crippen molar-refractivity contribution in [2.24, 2.45) is 0 Å². The summed E-state index contributed by atoms with van der Waals surface area (Å²) in [5.41, 5.74) is 1.17. The fraction of sp³-hybridized carbons (Fsp3) is 0.588. The maximum absolute atomic E-state index is 12.7. The van der Waals surface area contributed by atoms with Gasteiger partial charge in [0.05, 0.1) is 6.04 Å². The topological polar surface area (TPSA) is 32.3 Å². The number of carbonyl (C=O) groups excluding carboxylic acids is 1. The average molecular weight is 343 g/mol. The standard InChI is InChI=1S/C17H23ClN2O.ClH/c1-12(13-4-6-14(18)7-5-13)20(16-8-9-16)17(21)11-15-3-2-10-19-15;/h4-7,12,15-16,19H,2-3,8-11H2,1H3;1H. The van der Waals surface area contributed by atoms with E-state index in [4.69, 9.17) is 11.6 Å². The third-order valence-corrected chi connectivity index (χ3v) is 4.83. The van der Waals surface area contributed by atoms with E-state index in [0.717, 1.165) is 30.8 Å². The van der Waals surface area contributed by atoms with Gasteiger partial charge in [0, 0.05) is 23.5 Å². The maximum Gasteiger partial charge on any atom is 0.224 e. The summed E-state index contributed by atoms with van der Waals surface area (Å²) < 4.78 is 0. The Kier molecular flexibility index (Phi) is 6.13. The number of carbonyl (C=O) groups is 1. The van der Waals surface area contributed by atoms with Crippen LogP contribution in [0.4, 0.5) is 0 Å². The predicted molar refractivity (Wildman–Crippen MR) is 92.6 cm³/mol. The molecule has 22 heavy (non-hydrogen) atoms. The molecule has 3 nitrogen and oxygen atoms in total. The molecule has 0 bridgehead atoms. The summed E-state index contributed by atoms with van der Waals surface area (Å²) in [5, 5.41) is 4.16. The Bertz CT molecular complexity index is 496. The number of amides is 1. The zero-order valence-corrected chi connectivity index (χ0v) is 14.5. The molecular formula is C17H24Cl2N2O. The molecule has 2 unspecified atom stereocenters. The van der Waals surface area contributed by atoms with Crippen molar-refractivity contribution in [3.05, 3.63) is 34.9 Å². The van der Waals surface area contributed by atoms with Crippen LogP contribution in [0.5, 0.6) is 0 Å². The molecule has 3 rings (SSSR count). The first-order valence-corrected chi connectivity index (χ1v) is 8.33. The average Bonchev–Trinajstić information content (AvgIpc) is 3.16. The third-order valence-electron chi connectivity index (χ3n) is 4.58. The highest BCUT2D eigenvalue weighted by molar-refractivity contribution is 6.30. The van der Waals surface area contributed by atoms with Gasteiger partial charge in [0.2, 0.25) is 5.91 Å². The Labute approximate surface area is 143 Å². The van der Waals surface area contributed by atoms with E-state index in [-0.39, 0.29) is 18.4 Å². The highest BCUT2D eigenvalue weighted by Crippen LogP contribution is 2.35. The fourth-order valence-corrected chi connectivity index (χ4v) is 3.36. The molecule has 2 aliphatic rings. The first kappa shape index (κ1) is 17.6. The van der Waals surface area contributed by atoms with Crippen LogP contribution in [0, 0.1) is 0 Å². The molecular weight excluding hydrogens is 319 g/mol. The lowest BCUT2D eigenvalue weighted by molar-refractivity contribution is -0.134. The van der Waals surface area contributed by atoms with Gasteiger partial charge >= 0.3 is 0 Å². The van der Waals surface area contributed by atoms with E-state index >= 15 is 0 Å². The van der Waals surface area contributed by atoms with Crippen molar-refractivity contribution < 1.29 is 4.79 Å². The summed E-state index contributed by atoms with van der Waals surface area (Å²) >= 11 is 5.96. The number of nitrogens with one attached hydrogen (secondary N) is 1. The van der Waals surface area contributed by atoms with Crippen LogP contribution in [0.1, 0.15) is 50.6 Å². The van der Waals surface area contributed by atoms with Gasteiger partial charge in [0.15, 0.2) is 0 Å². The van der Waals surface area contributed by atoms with Crippen LogP contribution in [0.3, 0.4) is 0 Å². The first-order valence-electron chi connectivity index (χ1n) is 7.95. The lowest BCUT2D eigenvalue weighted by Crippen LogP contribution is -2.39. The molecule has 1 saturated heterocycles. The molecule has 0 aromatic heterocycles. The highest BCUT2D eigenvalue weighted by atomic mass is 35.5. The van der Waals surface area contributed by atoms with Crippen LogP contribution >= 0.6 is 24.0 Å². The molecule has 5 heteroatoms. The van der Waals surface area contributed by atoms with Gasteiger partial charge in [0.1, 0.15) is 0 Å². The quantitative estimate of drug-likeness (QED) is 0.878. The van der Waals surface area contributed by atoms with Crippen LogP contribution in [-0.2, 0) is 4.79 Å². The normalized spacial score (nSPS) is 22.0. The molecule has 2 atom stereocenters. The Morgan fingerprint density at radius 3 is 2.55 bits per heavy atom. The van der Waals surface area contributed by atoms with Crippen LogP contribution in [0.15, 0.2) is 24.3 Å². The Hall–Kier alpha value is -0.770. The van der Waals surface area contributed by atoms with E-state index in [1.54, 1.807) is 0 Å². The smallest absolute Gasteiger partial charge is 0.224 e. The van der Waals surface area contributed by atoms with Crippen molar-refractivity contribution in [1.29, 1.82) is 0 Å². The van der Waals surface area contributed by atoms with Gasteiger partial charge in [-0.3, -0.25) is 4.79 Å². The monoisotopic (exact) mass is 342 g/mol. The van der Waals surface area contributed by atoms with Gasteiger partial charge in [-0.15, -0.1) is 12.4 Å². The van der Waals surface area contributed by atoms with Crippen molar-refractivity contribution in [3.8, 4) is 0 Å². The maximum atomic E-state index is 12.7. The molecule has 1 aliphatic carbocycles. The van der Waals surface area contributed by atoms with E-state index in [0.29, 0.717) is 24.4 Å². The van der Waals surface area contributed by atoms with Gasteiger partial charge in [0.25, 0.3) is 0 Å². The summed E-state index contributed by atoms with van der Waals surface area (Å²) in [6.45, 7) is 3.18. The highest BCUT2D eigenvalue weighted by Gasteiger charge is 2.37. The Morgan fingerprint density at radius 1 is 1.32 bits per heavy atom. The number of rotatable bonds is 5. The predicted octanol–water partition coefficient (Wildman–Crippen LogP) is 3.96.